The summed E-state index contributed by atoms with van der Waals surface area (Å²) in [4.78, 5) is 24.5. The minimum absolute atomic E-state index is 0.00611. The predicted octanol–water partition coefficient (Wildman–Crippen LogP) is 20.0. The second kappa shape index (κ2) is 60.6. The number of hydrogen-bond acceptors (Lipinski definition) is 5. The fourth-order valence-corrected chi connectivity index (χ4v) is 9.74. The molecule has 0 bridgehead atoms. The van der Waals surface area contributed by atoms with E-state index in [9.17, 15) is 19.8 Å². The van der Waals surface area contributed by atoms with Crippen molar-refractivity contribution < 1.29 is 24.5 Å². The number of ether oxygens (including phenoxy) is 1. The number of hydrogen-bond donors (Lipinski definition) is 3. The first-order valence-corrected chi connectivity index (χ1v) is 31.8. The van der Waals surface area contributed by atoms with Crippen LogP contribution in [-0.2, 0) is 14.3 Å². The third kappa shape index (κ3) is 57.2. The Kier molecular flexibility index (Phi) is 59.0. The van der Waals surface area contributed by atoms with Crippen LogP contribution in [0.1, 0.15) is 341 Å². The Morgan fingerprint density at radius 3 is 1.01 bits per heavy atom. The van der Waals surface area contributed by atoms with Gasteiger partial charge in [-0.3, -0.25) is 9.59 Å². The smallest absolute Gasteiger partial charge is 0.305 e. The van der Waals surface area contributed by atoms with Gasteiger partial charge in [-0.2, -0.15) is 0 Å². The fraction of sp³-hybridized carbons (Fsp3) is 0.877. The molecule has 71 heavy (non-hydrogen) atoms. The molecule has 0 saturated heterocycles. The molecule has 2 unspecified atom stereocenters. The normalized spacial score (nSPS) is 12.8. The van der Waals surface area contributed by atoms with E-state index >= 15 is 0 Å². The van der Waals surface area contributed by atoms with Gasteiger partial charge < -0.3 is 20.3 Å². The van der Waals surface area contributed by atoms with Gasteiger partial charge in [-0.1, -0.05) is 281 Å². The number of aliphatic hydroxyl groups excluding tert-OH is 2. The van der Waals surface area contributed by atoms with Crippen molar-refractivity contribution >= 4 is 11.9 Å². The van der Waals surface area contributed by atoms with Crippen LogP contribution < -0.4 is 5.32 Å². The summed E-state index contributed by atoms with van der Waals surface area (Å²) in [6.45, 7) is 4.89. The summed E-state index contributed by atoms with van der Waals surface area (Å²) in [5.74, 6) is -0.0614. The van der Waals surface area contributed by atoms with Crippen LogP contribution in [0.15, 0.2) is 36.5 Å². The average Bonchev–Trinajstić information content (AvgIpc) is 3.37. The van der Waals surface area contributed by atoms with E-state index in [4.69, 9.17) is 4.74 Å². The first-order chi connectivity index (χ1) is 35.0. The fourth-order valence-electron chi connectivity index (χ4n) is 9.74. The molecule has 1 amide bonds. The van der Waals surface area contributed by atoms with E-state index in [1.54, 1.807) is 6.08 Å². The molecule has 6 nitrogen and oxygen atoms in total. The molecule has 0 aromatic heterocycles. The number of unbranched alkanes of at least 4 members (excludes halogenated alkanes) is 44. The van der Waals surface area contributed by atoms with Crippen LogP contribution in [-0.4, -0.2) is 47.4 Å². The van der Waals surface area contributed by atoms with Crippen LogP contribution in [0, 0.1) is 0 Å². The Morgan fingerprint density at radius 1 is 0.380 bits per heavy atom. The van der Waals surface area contributed by atoms with Gasteiger partial charge in [0.1, 0.15) is 0 Å². The summed E-state index contributed by atoms with van der Waals surface area (Å²) in [7, 11) is 0. The highest BCUT2D eigenvalue weighted by Gasteiger charge is 2.18. The van der Waals surface area contributed by atoms with Crippen LogP contribution in [0.25, 0.3) is 0 Å². The zero-order chi connectivity index (χ0) is 51.4. The lowest BCUT2D eigenvalue weighted by molar-refractivity contribution is -0.143. The van der Waals surface area contributed by atoms with E-state index in [1.165, 1.54) is 270 Å². The largest absolute Gasteiger partial charge is 0.466 e. The number of allylic oxidation sites excluding steroid dienone is 5. The molecule has 0 aliphatic rings. The molecule has 3 N–H and O–H groups in total. The molecule has 0 rings (SSSR count). The molecule has 2 atom stereocenters. The lowest BCUT2D eigenvalue weighted by Gasteiger charge is -2.20. The second-order valence-electron chi connectivity index (χ2n) is 21.7. The topological polar surface area (TPSA) is 95.9 Å². The molecule has 6 heteroatoms. The summed E-state index contributed by atoms with van der Waals surface area (Å²) in [5, 5.41) is 23.1. The van der Waals surface area contributed by atoms with E-state index in [0.717, 1.165) is 44.9 Å². The minimum Gasteiger partial charge on any atom is -0.466 e. The van der Waals surface area contributed by atoms with E-state index < -0.39 is 12.1 Å². The SMILES string of the molecule is CCCCCC/C=C\CCCCCCCC(=O)OCCCCCCCCCCCCCC/C=C\CCCCCCCCCCCCCCC(=O)NC(CO)C(O)/C=C/CCCCCCCCCCCCC. The van der Waals surface area contributed by atoms with Gasteiger partial charge in [0, 0.05) is 12.8 Å². The van der Waals surface area contributed by atoms with E-state index in [2.05, 4.69) is 43.5 Å². The van der Waals surface area contributed by atoms with Crippen molar-refractivity contribution in [2.24, 2.45) is 0 Å². The van der Waals surface area contributed by atoms with E-state index in [0.29, 0.717) is 19.4 Å². The third-order valence-electron chi connectivity index (χ3n) is 14.6. The van der Waals surface area contributed by atoms with Gasteiger partial charge in [0.15, 0.2) is 0 Å². The van der Waals surface area contributed by atoms with Gasteiger partial charge in [-0.05, 0) is 83.5 Å². The average molecular weight is 999 g/mol. The Hall–Kier alpha value is -1.92. The Bertz CT molecular complexity index is 1150. The highest BCUT2D eigenvalue weighted by molar-refractivity contribution is 5.76. The van der Waals surface area contributed by atoms with Crippen molar-refractivity contribution in [1.82, 2.24) is 5.32 Å². The van der Waals surface area contributed by atoms with Gasteiger partial charge in [-0.15, -0.1) is 0 Å². The van der Waals surface area contributed by atoms with E-state index in [-0.39, 0.29) is 18.5 Å². The molecule has 0 heterocycles. The highest BCUT2D eigenvalue weighted by Crippen LogP contribution is 2.17. The minimum atomic E-state index is -0.843. The van der Waals surface area contributed by atoms with Crippen LogP contribution in [0.4, 0.5) is 0 Å². The molecular formula is C65H123NO5. The quantitative estimate of drug-likeness (QED) is 0.0321. The Balaban J connectivity index is 3.39. The molecule has 418 valence electrons. The molecule has 0 fully saturated rings. The lowest BCUT2D eigenvalue weighted by atomic mass is 10.0. The molecule has 0 radical (unpaired) electrons. The maximum atomic E-state index is 12.4. The number of amides is 1. The van der Waals surface area contributed by atoms with Crippen LogP contribution in [0.3, 0.4) is 0 Å². The van der Waals surface area contributed by atoms with Crippen LogP contribution >= 0.6 is 0 Å². The molecular weight excluding hydrogens is 875 g/mol. The predicted molar refractivity (Wildman–Crippen MR) is 310 cm³/mol. The number of esters is 1. The Labute approximate surface area is 443 Å². The highest BCUT2D eigenvalue weighted by atomic mass is 16.5. The summed E-state index contributed by atoms with van der Waals surface area (Å²) >= 11 is 0. The first-order valence-electron chi connectivity index (χ1n) is 31.8. The van der Waals surface area contributed by atoms with Crippen LogP contribution in [0.2, 0.25) is 0 Å². The zero-order valence-corrected chi connectivity index (χ0v) is 47.7. The van der Waals surface area contributed by atoms with Crippen molar-refractivity contribution in [3.05, 3.63) is 36.5 Å². The number of carbonyl (C=O) groups excluding carboxylic acids is 2. The summed E-state index contributed by atoms with van der Waals surface area (Å²) in [6.07, 6.45) is 76.3. The second-order valence-corrected chi connectivity index (χ2v) is 21.7. The zero-order valence-electron chi connectivity index (χ0n) is 47.7. The molecule has 0 aromatic rings. The van der Waals surface area contributed by atoms with Gasteiger partial charge in [0.05, 0.1) is 25.4 Å². The molecule has 0 aromatic carbocycles. The van der Waals surface area contributed by atoms with Gasteiger partial charge in [0.25, 0.3) is 0 Å². The lowest BCUT2D eigenvalue weighted by Crippen LogP contribution is -2.45. The number of rotatable bonds is 59. The summed E-state index contributed by atoms with van der Waals surface area (Å²) in [6, 6.07) is -0.627. The standard InChI is InChI=1S/C65H123NO5/c1-3-5-7-9-11-13-15-33-37-41-45-49-53-57-63(68)62(61-67)66-64(69)58-54-50-46-42-38-35-31-29-27-25-23-21-19-17-18-20-22-24-26-28-30-32-36-40-44-48-52-56-60-71-65(70)59-55-51-47-43-39-34-16-14-12-10-8-6-4-2/h14,16-18,53,57,62-63,67-68H,3-13,15,19-52,54-56,58-61H2,1-2H3,(H,66,69)/b16-14-,18-17-,57-53+. The monoisotopic (exact) mass is 998 g/mol. The molecule has 0 spiro atoms. The van der Waals surface area contributed by atoms with Gasteiger partial charge in [0.2, 0.25) is 5.91 Å². The third-order valence-corrected chi connectivity index (χ3v) is 14.6. The van der Waals surface area contributed by atoms with Crippen molar-refractivity contribution in [2.75, 3.05) is 13.2 Å². The first kappa shape index (κ1) is 69.1. The van der Waals surface area contributed by atoms with Crippen molar-refractivity contribution in [3.63, 3.8) is 0 Å². The van der Waals surface area contributed by atoms with Crippen molar-refractivity contribution in [2.45, 2.75) is 353 Å². The van der Waals surface area contributed by atoms with Crippen LogP contribution in [0.5, 0.6) is 0 Å². The number of nitrogens with one attached hydrogen (secondary N) is 1. The summed E-state index contributed by atoms with van der Waals surface area (Å²) < 4.78 is 5.47. The molecule has 0 saturated carbocycles. The number of aliphatic hydroxyl groups is 2. The van der Waals surface area contributed by atoms with Gasteiger partial charge >= 0.3 is 5.97 Å². The maximum absolute atomic E-state index is 12.4. The summed E-state index contributed by atoms with van der Waals surface area (Å²) in [5.41, 5.74) is 0. The van der Waals surface area contributed by atoms with Crippen molar-refractivity contribution in [1.29, 1.82) is 0 Å². The van der Waals surface area contributed by atoms with Gasteiger partial charge in [-0.25, -0.2) is 0 Å². The maximum Gasteiger partial charge on any atom is 0.305 e. The molecule has 0 aliphatic carbocycles. The molecule has 0 aliphatic heterocycles. The Morgan fingerprint density at radius 2 is 0.662 bits per heavy atom. The van der Waals surface area contributed by atoms with Crippen molar-refractivity contribution in [3.8, 4) is 0 Å². The van der Waals surface area contributed by atoms with E-state index in [1.807, 2.05) is 6.08 Å². The number of carbonyl (C=O) groups is 2.